The van der Waals surface area contributed by atoms with Gasteiger partial charge in [0, 0.05) is 11.9 Å². The molecule has 9 heteroatoms. The molecule has 0 fully saturated rings. The van der Waals surface area contributed by atoms with E-state index in [2.05, 4.69) is 9.36 Å². The molecule has 0 saturated heterocycles. The zero-order chi connectivity index (χ0) is 14.9. The molecule has 0 bridgehead atoms. The third-order valence-corrected chi connectivity index (χ3v) is 4.31. The molecule has 2 aromatic heterocycles. The van der Waals surface area contributed by atoms with E-state index in [0.29, 0.717) is 16.3 Å². The number of halogens is 3. The molecule has 0 aliphatic rings. The molecular formula is C11H13F3N4S2. The Balaban J connectivity index is 2.42. The SMILES string of the molecule is CCN(CC(F)(F)F)c1snc(N)c1-c1csc(C)n1. The molecule has 0 aliphatic heterocycles. The summed E-state index contributed by atoms with van der Waals surface area (Å²) in [6, 6.07) is 0. The lowest BCUT2D eigenvalue weighted by Gasteiger charge is -2.23. The number of nitrogens with zero attached hydrogens (tertiary/aromatic N) is 3. The van der Waals surface area contributed by atoms with Crippen LogP contribution in [0.2, 0.25) is 0 Å². The molecule has 0 amide bonds. The Labute approximate surface area is 122 Å². The van der Waals surface area contributed by atoms with Crippen molar-refractivity contribution in [2.75, 3.05) is 23.7 Å². The standard InChI is InChI=1S/C11H13F3N4S2/c1-3-18(5-11(12,13)14)10-8(9(15)17-20-10)7-4-19-6(2)16-7/h4H,3,5H2,1-2H3,(H2,15,17). The van der Waals surface area contributed by atoms with Crippen molar-refractivity contribution >= 4 is 33.7 Å². The fraction of sp³-hybridized carbons (Fsp3) is 0.455. The Kier molecular flexibility index (Phi) is 4.19. The average Bonchev–Trinajstić information content (AvgIpc) is 2.91. The highest BCUT2D eigenvalue weighted by atomic mass is 32.1. The number of nitrogen functional groups attached to an aromatic ring is 1. The van der Waals surface area contributed by atoms with Crippen molar-refractivity contribution in [1.29, 1.82) is 0 Å². The monoisotopic (exact) mass is 322 g/mol. The van der Waals surface area contributed by atoms with E-state index in [9.17, 15) is 13.2 Å². The lowest BCUT2D eigenvalue weighted by atomic mass is 10.2. The average molecular weight is 322 g/mol. The molecule has 0 saturated carbocycles. The van der Waals surface area contributed by atoms with E-state index in [1.807, 2.05) is 6.92 Å². The summed E-state index contributed by atoms with van der Waals surface area (Å²) in [5.74, 6) is 0.218. The van der Waals surface area contributed by atoms with Crippen LogP contribution < -0.4 is 10.6 Å². The largest absolute Gasteiger partial charge is 0.405 e. The summed E-state index contributed by atoms with van der Waals surface area (Å²) in [4.78, 5) is 5.51. The molecule has 0 aliphatic carbocycles. The van der Waals surface area contributed by atoms with E-state index in [-0.39, 0.29) is 12.4 Å². The smallest absolute Gasteiger partial charge is 0.382 e. The van der Waals surface area contributed by atoms with Crippen molar-refractivity contribution < 1.29 is 13.2 Å². The number of anilines is 2. The zero-order valence-corrected chi connectivity index (χ0v) is 12.5. The Bertz CT molecular complexity index is 591. The van der Waals surface area contributed by atoms with Crippen LogP contribution in [0.25, 0.3) is 11.3 Å². The Morgan fingerprint density at radius 3 is 2.60 bits per heavy atom. The fourth-order valence-corrected chi connectivity index (χ4v) is 3.26. The summed E-state index contributed by atoms with van der Waals surface area (Å²) in [5, 5.41) is 3.02. The van der Waals surface area contributed by atoms with Crippen LogP contribution in [0.5, 0.6) is 0 Å². The Morgan fingerprint density at radius 1 is 1.40 bits per heavy atom. The van der Waals surface area contributed by atoms with E-state index in [1.54, 1.807) is 12.3 Å². The molecule has 110 valence electrons. The highest BCUT2D eigenvalue weighted by Crippen LogP contribution is 2.40. The number of aryl methyl sites for hydroxylation is 1. The van der Waals surface area contributed by atoms with Crippen LogP contribution in [-0.4, -0.2) is 28.6 Å². The summed E-state index contributed by atoms with van der Waals surface area (Å²) in [5.41, 5.74) is 6.86. The summed E-state index contributed by atoms with van der Waals surface area (Å²) in [6.07, 6.45) is -4.27. The molecule has 4 nitrogen and oxygen atoms in total. The van der Waals surface area contributed by atoms with Crippen molar-refractivity contribution in [3.8, 4) is 11.3 Å². The second kappa shape index (κ2) is 5.57. The van der Waals surface area contributed by atoms with E-state index < -0.39 is 12.7 Å². The maximum atomic E-state index is 12.6. The number of nitrogens with two attached hydrogens (primary N) is 1. The van der Waals surface area contributed by atoms with Crippen LogP contribution in [0.3, 0.4) is 0 Å². The third-order valence-electron chi connectivity index (χ3n) is 2.61. The molecule has 0 spiro atoms. The van der Waals surface area contributed by atoms with Crippen LogP contribution in [0.1, 0.15) is 11.9 Å². The molecule has 2 rings (SSSR count). The quantitative estimate of drug-likeness (QED) is 0.935. The van der Waals surface area contributed by atoms with E-state index in [4.69, 9.17) is 5.73 Å². The van der Waals surface area contributed by atoms with Crippen molar-refractivity contribution in [3.63, 3.8) is 0 Å². The van der Waals surface area contributed by atoms with Gasteiger partial charge in [-0.05, 0) is 25.4 Å². The van der Waals surface area contributed by atoms with Crippen LogP contribution in [-0.2, 0) is 0 Å². The second-order valence-electron chi connectivity index (χ2n) is 4.13. The van der Waals surface area contributed by atoms with E-state index in [1.165, 1.54) is 16.2 Å². The van der Waals surface area contributed by atoms with Gasteiger partial charge in [0.05, 0.1) is 16.3 Å². The van der Waals surface area contributed by atoms with Gasteiger partial charge in [0.25, 0.3) is 0 Å². The lowest BCUT2D eigenvalue weighted by molar-refractivity contribution is -0.119. The highest BCUT2D eigenvalue weighted by Gasteiger charge is 2.32. The second-order valence-corrected chi connectivity index (χ2v) is 5.94. The minimum atomic E-state index is -4.27. The van der Waals surface area contributed by atoms with Gasteiger partial charge in [0.2, 0.25) is 0 Å². The highest BCUT2D eigenvalue weighted by molar-refractivity contribution is 7.11. The van der Waals surface area contributed by atoms with Gasteiger partial charge in [-0.15, -0.1) is 11.3 Å². The van der Waals surface area contributed by atoms with Gasteiger partial charge < -0.3 is 10.6 Å². The molecule has 0 atom stereocenters. The summed E-state index contributed by atoms with van der Waals surface area (Å²) < 4.78 is 41.8. The summed E-state index contributed by atoms with van der Waals surface area (Å²) >= 11 is 2.39. The van der Waals surface area contributed by atoms with Gasteiger partial charge in [-0.25, -0.2) is 4.98 Å². The molecule has 2 heterocycles. The van der Waals surface area contributed by atoms with E-state index >= 15 is 0 Å². The maximum Gasteiger partial charge on any atom is 0.405 e. The van der Waals surface area contributed by atoms with Crippen molar-refractivity contribution in [1.82, 2.24) is 9.36 Å². The number of rotatable bonds is 4. The number of thiazole rings is 1. The van der Waals surface area contributed by atoms with Gasteiger partial charge in [-0.1, -0.05) is 0 Å². The maximum absolute atomic E-state index is 12.6. The van der Waals surface area contributed by atoms with Gasteiger partial charge in [-0.2, -0.15) is 17.5 Å². The molecule has 0 unspecified atom stereocenters. The first-order valence-corrected chi connectivity index (χ1v) is 7.46. The van der Waals surface area contributed by atoms with Crippen LogP contribution in [0, 0.1) is 6.92 Å². The van der Waals surface area contributed by atoms with Gasteiger partial charge in [0.15, 0.2) is 0 Å². The summed E-state index contributed by atoms with van der Waals surface area (Å²) in [6.45, 7) is 2.69. The van der Waals surface area contributed by atoms with Gasteiger partial charge >= 0.3 is 6.18 Å². The first-order chi connectivity index (χ1) is 9.31. The normalized spacial score (nSPS) is 11.8. The molecule has 2 N–H and O–H groups in total. The minimum Gasteiger partial charge on any atom is -0.382 e. The zero-order valence-electron chi connectivity index (χ0n) is 10.9. The van der Waals surface area contributed by atoms with Gasteiger partial charge in [-0.3, -0.25) is 0 Å². The van der Waals surface area contributed by atoms with E-state index in [0.717, 1.165) is 16.5 Å². The molecule has 0 radical (unpaired) electrons. The van der Waals surface area contributed by atoms with Crippen molar-refractivity contribution in [3.05, 3.63) is 10.4 Å². The first-order valence-electron chi connectivity index (χ1n) is 5.81. The number of aromatic nitrogens is 2. The van der Waals surface area contributed by atoms with Crippen molar-refractivity contribution in [2.45, 2.75) is 20.0 Å². The number of alkyl halides is 3. The topological polar surface area (TPSA) is 55.0 Å². The van der Waals surface area contributed by atoms with Crippen molar-refractivity contribution in [2.24, 2.45) is 0 Å². The van der Waals surface area contributed by atoms with Crippen LogP contribution in [0.15, 0.2) is 5.38 Å². The van der Waals surface area contributed by atoms with Crippen LogP contribution in [0.4, 0.5) is 24.0 Å². The van der Waals surface area contributed by atoms with Gasteiger partial charge in [0.1, 0.15) is 17.4 Å². The third kappa shape index (κ3) is 3.21. The predicted molar refractivity (Wildman–Crippen MR) is 76.3 cm³/mol. The lowest BCUT2D eigenvalue weighted by Crippen LogP contribution is -2.33. The molecule has 2 aromatic rings. The van der Waals surface area contributed by atoms with Crippen LogP contribution >= 0.6 is 22.9 Å². The minimum absolute atomic E-state index is 0.218. The molecule has 0 aromatic carbocycles. The Morgan fingerprint density at radius 2 is 2.10 bits per heavy atom. The first kappa shape index (κ1) is 15.0. The summed E-state index contributed by atoms with van der Waals surface area (Å²) in [7, 11) is 0. The molecular weight excluding hydrogens is 309 g/mol. The predicted octanol–water partition coefficient (Wildman–Crippen LogP) is 3.55. The Hall–Kier alpha value is -1.35. The fourth-order valence-electron chi connectivity index (χ4n) is 1.77. The molecule has 20 heavy (non-hydrogen) atoms. The number of hydrogen-bond acceptors (Lipinski definition) is 6. The number of hydrogen-bond donors (Lipinski definition) is 1.